The molecule has 5 aromatic carbocycles. The van der Waals surface area contributed by atoms with Gasteiger partial charge in [-0.25, -0.2) is 0 Å². The van der Waals surface area contributed by atoms with E-state index in [-0.39, 0.29) is 35.6 Å². The Labute approximate surface area is 320 Å². The van der Waals surface area contributed by atoms with E-state index in [1.54, 1.807) is 27.8 Å². The van der Waals surface area contributed by atoms with E-state index in [9.17, 15) is 0 Å². The van der Waals surface area contributed by atoms with Gasteiger partial charge in [0.25, 0.3) is 0 Å². The summed E-state index contributed by atoms with van der Waals surface area (Å²) in [4.78, 5) is 0. The number of halogens is 2. The average Bonchev–Trinajstić information content (AvgIpc) is 3.54. The third-order valence-corrected chi connectivity index (χ3v) is 20.3. The van der Waals surface area contributed by atoms with Crippen LogP contribution < -0.4 is 24.8 Å². The minimum Gasteiger partial charge on any atom is -1.00 e. The molecule has 2 aliphatic carbocycles. The van der Waals surface area contributed by atoms with Crippen molar-refractivity contribution in [3.05, 3.63) is 136 Å². The minimum absolute atomic E-state index is 0. The Morgan fingerprint density at radius 1 is 0.653 bits per heavy atom. The topological polar surface area (TPSA) is 0 Å². The fourth-order valence-corrected chi connectivity index (χ4v) is 18.2. The smallest absolute Gasteiger partial charge is 1.00 e. The summed E-state index contributed by atoms with van der Waals surface area (Å²) in [5.41, 5.74) is 18.5. The third-order valence-electron chi connectivity index (χ3n) is 10.5. The summed E-state index contributed by atoms with van der Waals surface area (Å²) in [5, 5.41) is 2.65. The van der Waals surface area contributed by atoms with Crippen LogP contribution in [0.3, 0.4) is 0 Å². The fourth-order valence-electron chi connectivity index (χ4n) is 8.33. The molecule has 2 unspecified atom stereocenters. The molecular weight excluding hydrogens is 731 g/mol. The molecule has 0 fully saturated rings. The van der Waals surface area contributed by atoms with Gasteiger partial charge in [0.1, 0.15) is 0 Å². The van der Waals surface area contributed by atoms with Gasteiger partial charge in [0, 0.05) is 0 Å². The van der Waals surface area contributed by atoms with Crippen molar-refractivity contribution < 1.29 is 47.2 Å². The minimum atomic E-state index is -0.725. The van der Waals surface area contributed by atoms with Crippen molar-refractivity contribution in [2.75, 3.05) is 0 Å². The van der Waals surface area contributed by atoms with Crippen molar-refractivity contribution in [1.29, 1.82) is 0 Å². The molecule has 0 aliphatic heterocycles. The quantitative estimate of drug-likeness (QED) is 0.171. The van der Waals surface area contributed by atoms with Crippen LogP contribution in [0.2, 0.25) is 13.1 Å². The molecule has 0 saturated carbocycles. The summed E-state index contributed by atoms with van der Waals surface area (Å²) in [6.45, 7) is 22.0. The number of allylic oxidation sites excluding steroid dienone is 1. The average molecular weight is 781 g/mol. The number of rotatable bonds is 6. The van der Waals surface area contributed by atoms with Crippen LogP contribution in [0.5, 0.6) is 0 Å². The summed E-state index contributed by atoms with van der Waals surface area (Å²) in [7, 11) is 0. The van der Waals surface area contributed by atoms with Crippen LogP contribution in [0.25, 0.3) is 39.1 Å². The summed E-state index contributed by atoms with van der Waals surface area (Å²) < 4.78 is 0.628. The zero-order valence-electron chi connectivity index (χ0n) is 30.6. The molecule has 49 heavy (non-hydrogen) atoms. The Morgan fingerprint density at radius 3 is 2.02 bits per heavy atom. The van der Waals surface area contributed by atoms with E-state index >= 15 is 0 Å². The van der Waals surface area contributed by atoms with Gasteiger partial charge in [0.05, 0.1) is 0 Å². The zero-order valence-corrected chi connectivity index (χ0v) is 35.8. The molecule has 4 heteroatoms. The Morgan fingerprint density at radius 2 is 1.33 bits per heavy atom. The zero-order chi connectivity index (χ0) is 33.2. The molecule has 0 saturated heterocycles. The number of fused-ring (bicyclic) bond motifs is 5. The predicted octanol–water partition coefficient (Wildman–Crippen LogP) is 6.57. The third kappa shape index (κ3) is 6.78. The Bertz CT molecular complexity index is 2040. The van der Waals surface area contributed by atoms with Gasteiger partial charge in [-0.05, 0) is 0 Å². The summed E-state index contributed by atoms with van der Waals surface area (Å²) in [5.74, 6) is -0.423. The second-order valence-electron chi connectivity index (χ2n) is 16.3. The normalized spacial score (nSPS) is 16.3. The van der Waals surface area contributed by atoms with Crippen molar-refractivity contribution in [2.24, 2.45) is 0 Å². The number of benzene rings is 5. The van der Waals surface area contributed by atoms with Crippen molar-refractivity contribution in [3.8, 4) is 22.3 Å². The predicted molar refractivity (Wildman–Crippen MR) is 204 cm³/mol. The maximum absolute atomic E-state index is 2.63. The van der Waals surface area contributed by atoms with Gasteiger partial charge in [-0.2, -0.15) is 0 Å². The van der Waals surface area contributed by atoms with Gasteiger partial charge in [0.2, 0.25) is 0 Å². The molecular formula is C45H50Cl2SiZr. The van der Waals surface area contributed by atoms with Gasteiger partial charge in [0.15, 0.2) is 0 Å². The maximum Gasteiger partial charge on any atom is -1.00 e. The second kappa shape index (κ2) is 14.4. The van der Waals surface area contributed by atoms with Crippen molar-refractivity contribution in [3.63, 3.8) is 0 Å². The molecule has 0 radical (unpaired) electrons. The molecule has 0 aromatic heterocycles. The van der Waals surface area contributed by atoms with Crippen LogP contribution in [0.1, 0.15) is 110 Å². The van der Waals surface area contributed by atoms with E-state index in [0.29, 0.717) is 9.54 Å². The first kappa shape index (κ1) is 38.0. The Kier molecular flexibility index (Phi) is 11.2. The summed E-state index contributed by atoms with van der Waals surface area (Å²) in [6.07, 6.45) is 4.90. The standard InChI is InChI=1S/C43H43.C2H7Si.2ClH.Zr/c1-8-13-28-25-37-34(33-17-11-15-27-14-9-10-16-31(27)33)18-12-19-36(37)40(28)41-38-26-29-24-30(42(2,3)4)20-21-32(29)35(38)22-23-39(41)43(5,6)7;1-3-2;;;/h9-12,14-26,40H,8,13H2,1-7H3;3H,1-2H3;2*1H;/q;;;;+2/p-2. The largest absolute Gasteiger partial charge is 1.00 e. The van der Waals surface area contributed by atoms with E-state index < -0.39 is 28.3 Å². The molecule has 0 nitrogen and oxygen atoms in total. The SMILES string of the molecule is CCCC1=Cc2c(-c3cccc4ccccc34)cccc2C1c1c(C(C)(C)C)ccc2c1[CH]([Zr+2][SiH](C)C)c1cc(C(C)(C)C)ccc1-2.[Cl-].[Cl-]. The molecule has 5 aromatic rings. The van der Waals surface area contributed by atoms with E-state index in [1.807, 2.05) is 0 Å². The van der Waals surface area contributed by atoms with Crippen LogP contribution in [0.15, 0.2) is 96.6 Å². The van der Waals surface area contributed by atoms with Crippen LogP contribution in [0, 0.1) is 0 Å². The van der Waals surface area contributed by atoms with Gasteiger partial charge in [-0.1, -0.05) is 0 Å². The summed E-state index contributed by atoms with van der Waals surface area (Å²) >= 11 is -0.684. The first-order valence-corrected chi connectivity index (χ1v) is 26.3. The van der Waals surface area contributed by atoms with E-state index in [1.165, 1.54) is 49.7 Å². The first-order valence-electron chi connectivity index (χ1n) is 17.8. The molecule has 252 valence electrons. The van der Waals surface area contributed by atoms with Gasteiger partial charge in [-0.15, -0.1) is 0 Å². The molecule has 2 aliphatic rings. The molecule has 2 atom stereocenters. The van der Waals surface area contributed by atoms with Crippen molar-refractivity contribution >= 4 is 22.8 Å². The number of hydrogen-bond donors (Lipinski definition) is 0. The van der Waals surface area contributed by atoms with Crippen LogP contribution >= 0.6 is 0 Å². The Balaban J connectivity index is 0.00000234. The van der Waals surface area contributed by atoms with Gasteiger partial charge >= 0.3 is 298 Å². The fraction of sp³-hybridized carbons (Fsp3) is 0.333. The van der Waals surface area contributed by atoms with E-state index in [2.05, 4.69) is 159 Å². The molecule has 0 heterocycles. The molecule has 0 N–H and O–H groups in total. The van der Waals surface area contributed by atoms with Gasteiger partial charge < -0.3 is 24.8 Å². The first-order chi connectivity index (χ1) is 22.4. The number of hydrogen-bond acceptors (Lipinski definition) is 0. The molecule has 7 rings (SSSR count). The van der Waals surface area contributed by atoms with Crippen LogP contribution in [0.4, 0.5) is 0 Å². The monoisotopic (exact) mass is 778 g/mol. The van der Waals surface area contributed by atoms with E-state index in [4.69, 9.17) is 0 Å². The molecule has 0 spiro atoms. The van der Waals surface area contributed by atoms with Crippen LogP contribution in [-0.2, 0) is 33.2 Å². The molecule has 0 amide bonds. The maximum atomic E-state index is 2.63. The van der Waals surface area contributed by atoms with Gasteiger partial charge in [-0.3, -0.25) is 0 Å². The molecule has 0 bridgehead atoms. The van der Waals surface area contributed by atoms with E-state index in [0.717, 1.165) is 12.8 Å². The second-order valence-corrected chi connectivity index (χ2v) is 31.3. The Hall–Kier alpha value is -2.22. The summed E-state index contributed by atoms with van der Waals surface area (Å²) in [6, 6.07) is 35.4. The van der Waals surface area contributed by atoms with Crippen molar-refractivity contribution in [1.82, 2.24) is 0 Å². The van der Waals surface area contributed by atoms with Crippen LogP contribution in [-0.4, -0.2) is 5.92 Å². The van der Waals surface area contributed by atoms with Crippen molar-refractivity contribution in [2.45, 2.75) is 94.8 Å².